The Bertz CT molecular complexity index is 854. The quantitative estimate of drug-likeness (QED) is 0.784. The maximum atomic E-state index is 8.21. The van der Waals surface area contributed by atoms with Crippen molar-refractivity contribution in [1.82, 2.24) is 0 Å². The van der Waals surface area contributed by atoms with E-state index in [1.807, 2.05) is 0 Å². The molecular weight excluding hydrogens is 269 g/mol. The van der Waals surface area contributed by atoms with Gasteiger partial charge in [0.1, 0.15) is 0 Å². The zero-order chi connectivity index (χ0) is 24.2. The number of thiophene rings is 1. The van der Waals surface area contributed by atoms with E-state index < -0.39 is 50.9 Å². The van der Waals surface area contributed by atoms with Gasteiger partial charge in [-0.1, -0.05) is 0 Å². The van der Waals surface area contributed by atoms with E-state index in [9.17, 15) is 0 Å². The first-order valence-corrected chi connectivity index (χ1v) is 7.14. The van der Waals surface area contributed by atoms with E-state index >= 15 is 0 Å². The summed E-state index contributed by atoms with van der Waals surface area (Å²) in [6.45, 7) is -1.79. The summed E-state index contributed by atoms with van der Waals surface area (Å²) in [5.41, 5.74) is -1.53. The fraction of sp³-hybridized carbons (Fsp3) is 0.733. The number of anilines is 1. The summed E-state index contributed by atoms with van der Waals surface area (Å²) in [7, 11) is -1.13. The lowest BCUT2D eigenvalue weighted by Crippen LogP contribution is -2.41. The average Bonchev–Trinajstić information content (AvgIpc) is 3.06. The summed E-state index contributed by atoms with van der Waals surface area (Å²) in [5.74, 6) is 0. The van der Waals surface area contributed by atoms with Gasteiger partial charge in [0.25, 0.3) is 0 Å². The lowest BCUT2D eigenvalue weighted by Gasteiger charge is -2.32. The van der Waals surface area contributed by atoms with Crippen molar-refractivity contribution >= 4 is 28.9 Å². The van der Waals surface area contributed by atoms with Gasteiger partial charge in [-0.25, -0.2) is 0 Å². The molecule has 0 aromatic carbocycles. The van der Waals surface area contributed by atoms with Crippen LogP contribution in [0.25, 0.3) is 0 Å². The van der Waals surface area contributed by atoms with Crippen LogP contribution in [0.2, 0.25) is 0 Å². The molecule has 3 heterocycles. The molecular formula is C15H24BNO2S. The van der Waals surface area contributed by atoms with Gasteiger partial charge < -0.3 is 14.2 Å². The van der Waals surface area contributed by atoms with Gasteiger partial charge >= 0.3 is 7.12 Å². The van der Waals surface area contributed by atoms with Crippen LogP contribution in [0, 0.1) is 6.85 Å². The molecule has 2 fully saturated rings. The lowest BCUT2D eigenvalue weighted by atomic mass is 9.79. The molecule has 1 aromatic heterocycles. The zero-order valence-electron chi connectivity index (χ0n) is 22.8. The highest BCUT2D eigenvalue weighted by Crippen LogP contribution is 2.38. The number of rotatable bonds is 2. The van der Waals surface area contributed by atoms with E-state index in [0.29, 0.717) is 16.2 Å². The third kappa shape index (κ3) is 2.30. The Balaban J connectivity index is 2.19. The van der Waals surface area contributed by atoms with Gasteiger partial charge in [0, 0.05) is 32.9 Å². The minimum absolute atomic E-state index is 0.0540. The molecule has 0 spiro atoms. The Kier molecular flexibility index (Phi) is 1.50. The second-order valence-corrected chi connectivity index (χ2v) is 6.80. The predicted octanol–water partition coefficient (Wildman–Crippen LogP) is 2.96. The van der Waals surface area contributed by atoms with Crippen LogP contribution < -0.4 is 10.4 Å². The standard InChI is InChI=1S/C15H24BNO2S/c1-11-12(10-13(20-11)17-8-6-7-9-17)16-18-14(2,3)15(4,5)19-16/h10H,6-9H2,1-5H3/i1D3,6D2,7D2,8D2,9D2. The van der Waals surface area contributed by atoms with Crippen molar-refractivity contribution < 1.29 is 24.4 Å². The van der Waals surface area contributed by atoms with Crippen molar-refractivity contribution in [2.75, 3.05) is 17.9 Å². The first-order valence-electron chi connectivity index (χ1n) is 11.8. The summed E-state index contributed by atoms with van der Waals surface area (Å²) < 4.78 is 100. The van der Waals surface area contributed by atoms with Gasteiger partial charge in [0.05, 0.1) is 16.2 Å². The van der Waals surface area contributed by atoms with Crippen LogP contribution in [-0.4, -0.2) is 31.3 Å². The van der Waals surface area contributed by atoms with Crippen molar-refractivity contribution in [2.24, 2.45) is 0 Å². The van der Waals surface area contributed by atoms with E-state index in [1.165, 1.54) is 6.07 Å². The Morgan fingerprint density at radius 1 is 1.25 bits per heavy atom. The smallest absolute Gasteiger partial charge is 0.399 e. The summed E-state index contributed by atoms with van der Waals surface area (Å²) in [4.78, 5) is 0.134. The van der Waals surface area contributed by atoms with Crippen LogP contribution >= 0.6 is 11.3 Å². The molecule has 0 saturated carbocycles. The molecule has 3 nitrogen and oxygen atoms in total. The summed E-state index contributed by atoms with van der Waals surface area (Å²) >= 11 is 0.547. The highest BCUT2D eigenvalue weighted by molar-refractivity contribution is 7.17. The molecule has 3 rings (SSSR count). The van der Waals surface area contributed by atoms with Crippen LogP contribution in [0.5, 0.6) is 0 Å². The maximum Gasteiger partial charge on any atom is 0.496 e. The Morgan fingerprint density at radius 2 is 1.85 bits per heavy atom. The minimum Gasteiger partial charge on any atom is -0.399 e. The molecule has 0 bridgehead atoms. The van der Waals surface area contributed by atoms with Crippen molar-refractivity contribution in [1.29, 1.82) is 0 Å². The molecule has 20 heavy (non-hydrogen) atoms. The Labute approximate surface area is 141 Å². The highest BCUT2D eigenvalue weighted by atomic mass is 32.1. The molecule has 0 amide bonds. The first kappa shape index (κ1) is 6.31. The summed E-state index contributed by atoms with van der Waals surface area (Å²) in [5, 5.41) is -0.268. The van der Waals surface area contributed by atoms with E-state index in [2.05, 4.69) is 0 Å². The second-order valence-electron chi connectivity index (χ2n) is 5.77. The average molecular weight is 304 g/mol. The van der Waals surface area contributed by atoms with E-state index in [1.54, 1.807) is 27.7 Å². The molecule has 2 saturated heterocycles. The molecule has 5 heteroatoms. The molecule has 1 aromatic rings. The first-order chi connectivity index (χ1) is 13.5. The third-order valence-electron chi connectivity index (χ3n) is 3.87. The van der Waals surface area contributed by atoms with Crippen molar-refractivity contribution in [3.63, 3.8) is 0 Å². The fourth-order valence-corrected chi connectivity index (χ4v) is 2.80. The largest absolute Gasteiger partial charge is 0.496 e. The van der Waals surface area contributed by atoms with Crippen LogP contribution in [0.4, 0.5) is 5.00 Å². The Morgan fingerprint density at radius 3 is 2.40 bits per heavy atom. The van der Waals surface area contributed by atoms with Crippen molar-refractivity contribution in [2.45, 2.75) is 58.5 Å². The number of nitrogens with zero attached hydrogens (tertiary/aromatic N) is 1. The van der Waals surface area contributed by atoms with Gasteiger partial charge in [0.2, 0.25) is 0 Å². The predicted molar refractivity (Wildman–Crippen MR) is 86.2 cm³/mol. The molecule has 110 valence electrons. The van der Waals surface area contributed by atoms with Crippen LogP contribution in [0.1, 0.15) is 60.4 Å². The van der Waals surface area contributed by atoms with Gasteiger partial charge in [-0.3, -0.25) is 0 Å². The summed E-state index contributed by atoms with van der Waals surface area (Å²) in [6.07, 6.45) is -6.45. The molecule has 0 radical (unpaired) electrons. The van der Waals surface area contributed by atoms with Crippen LogP contribution in [0.15, 0.2) is 6.07 Å². The number of hydrogen-bond donors (Lipinski definition) is 0. The molecule has 2 aliphatic heterocycles. The highest BCUT2D eigenvalue weighted by Gasteiger charge is 2.52. The number of hydrogen-bond acceptors (Lipinski definition) is 4. The zero-order valence-corrected chi connectivity index (χ0v) is 12.6. The maximum absolute atomic E-state index is 8.21. The van der Waals surface area contributed by atoms with Gasteiger partial charge in [-0.2, -0.15) is 0 Å². The monoisotopic (exact) mass is 304 g/mol. The normalized spacial score (nSPS) is 43.5. The molecule has 0 unspecified atom stereocenters. The lowest BCUT2D eigenvalue weighted by molar-refractivity contribution is 0.00578. The van der Waals surface area contributed by atoms with Crippen LogP contribution in [-0.2, 0) is 9.31 Å². The molecule has 0 aliphatic carbocycles. The van der Waals surface area contributed by atoms with Gasteiger partial charge in [0.15, 0.2) is 0 Å². The van der Waals surface area contributed by atoms with Gasteiger partial charge in [-0.05, 0) is 58.8 Å². The van der Waals surface area contributed by atoms with Crippen LogP contribution in [0.3, 0.4) is 0 Å². The van der Waals surface area contributed by atoms with E-state index in [4.69, 9.17) is 24.4 Å². The van der Waals surface area contributed by atoms with Crippen molar-refractivity contribution in [3.05, 3.63) is 10.9 Å². The minimum atomic E-state index is -3.22. The molecule has 0 N–H and O–H groups in total. The van der Waals surface area contributed by atoms with Crippen molar-refractivity contribution in [3.8, 4) is 0 Å². The topological polar surface area (TPSA) is 21.7 Å². The third-order valence-corrected chi connectivity index (χ3v) is 4.82. The Hall–Kier alpha value is -0.515. The SMILES string of the molecule is [2H]C([2H])([2H])c1sc(N2C([2H])([2H])C([2H])([2H])C([2H])([2H])C2([2H])[2H])cc1B1OC(C)(C)C(C)(C)O1. The second kappa shape index (κ2) is 4.75. The summed E-state index contributed by atoms with van der Waals surface area (Å²) in [6, 6.07) is 1.20. The van der Waals surface area contributed by atoms with E-state index in [-0.39, 0.29) is 15.3 Å². The van der Waals surface area contributed by atoms with Gasteiger partial charge in [-0.15, -0.1) is 11.3 Å². The molecule has 2 aliphatic rings. The van der Waals surface area contributed by atoms with E-state index in [0.717, 1.165) is 0 Å². The number of aryl methyl sites for hydroxylation is 1. The fourth-order valence-electron chi connectivity index (χ4n) is 1.95. The molecule has 0 atom stereocenters.